The molecule has 7 heteroatoms. The number of carbonyl (C=O) groups excluding carboxylic acids is 1. The van der Waals surface area contributed by atoms with E-state index in [9.17, 15) is 4.79 Å². The van der Waals surface area contributed by atoms with Gasteiger partial charge in [-0.3, -0.25) is 9.88 Å². The molecular weight excluding hydrogens is 308 g/mol. The molecule has 2 aromatic rings. The molecule has 0 radical (unpaired) electrons. The first-order valence-electron chi connectivity index (χ1n) is 8.33. The van der Waals surface area contributed by atoms with Gasteiger partial charge in [0.2, 0.25) is 0 Å². The van der Waals surface area contributed by atoms with Crippen LogP contribution in [0.25, 0.3) is 11.4 Å². The second-order valence-corrected chi connectivity index (χ2v) is 6.80. The highest BCUT2D eigenvalue weighted by molar-refractivity contribution is 5.88. The third-order valence-corrected chi connectivity index (χ3v) is 5.41. The molecule has 6 rings (SSSR count). The lowest BCUT2D eigenvalue weighted by Gasteiger charge is -2.49. The largest absolute Gasteiger partial charge is 0.439 e. The van der Waals surface area contributed by atoms with Gasteiger partial charge in [0.25, 0.3) is 0 Å². The van der Waals surface area contributed by atoms with Gasteiger partial charge in [0.1, 0.15) is 17.6 Å². The highest BCUT2D eigenvalue weighted by atomic mass is 16.6. The van der Waals surface area contributed by atoms with Gasteiger partial charge in [-0.2, -0.15) is 4.98 Å². The summed E-state index contributed by atoms with van der Waals surface area (Å²) in [7, 11) is 0. The smallest absolute Gasteiger partial charge is 0.418 e. The Bertz CT molecular complexity index is 769. The van der Waals surface area contributed by atoms with E-state index in [1.54, 1.807) is 6.20 Å². The van der Waals surface area contributed by atoms with Gasteiger partial charge in [-0.15, -0.1) is 0 Å². The number of hydrogen-bond acceptors (Lipinski definition) is 6. The predicted octanol–water partition coefficient (Wildman–Crippen LogP) is 2.16. The summed E-state index contributed by atoms with van der Waals surface area (Å²) in [6.07, 6.45) is 5.05. The molecule has 4 aliphatic rings. The molecule has 0 aromatic carbocycles. The van der Waals surface area contributed by atoms with Crippen LogP contribution in [0.1, 0.15) is 12.8 Å². The van der Waals surface area contributed by atoms with Crippen molar-refractivity contribution in [1.82, 2.24) is 14.9 Å². The number of amides is 1. The highest BCUT2D eigenvalue weighted by Gasteiger charge is 2.56. The van der Waals surface area contributed by atoms with Crippen LogP contribution in [0.15, 0.2) is 35.1 Å². The summed E-state index contributed by atoms with van der Waals surface area (Å²) in [5.74, 6) is 0.432. The van der Waals surface area contributed by atoms with E-state index < -0.39 is 5.60 Å². The van der Waals surface area contributed by atoms with Crippen molar-refractivity contribution in [2.75, 3.05) is 31.1 Å². The highest BCUT2D eigenvalue weighted by Crippen LogP contribution is 2.43. The van der Waals surface area contributed by atoms with E-state index >= 15 is 0 Å². The molecule has 0 N–H and O–H groups in total. The fraction of sp³-hybridized carbons (Fsp3) is 0.471. The molecule has 1 spiro atoms. The number of hydrogen-bond donors (Lipinski definition) is 0. The van der Waals surface area contributed by atoms with Gasteiger partial charge in [0, 0.05) is 18.7 Å². The van der Waals surface area contributed by atoms with Crippen molar-refractivity contribution >= 4 is 12.1 Å². The fourth-order valence-electron chi connectivity index (χ4n) is 4.18. The number of carbonyl (C=O) groups is 1. The number of nitrogens with zero attached hydrogens (tertiary/aromatic N) is 4. The van der Waals surface area contributed by atoms with E-state index in [0.29, 0.717) is 18.2 Å². The number of pyridine rings is 1. The van der Waals surface area contributed by atoms with Crippen molar-refractivity contribution in [3.8, 4) is 11.4 Å². The van der Waals surface area contributed by atoms with E-state index in [4.69, 9.17) is 9.15 Å². The van der Waals surface area contributed by atoms with Crippen LogP contribution < -0.4 is 4.90 Å². The third-order valence-electron chi connectivity index (χ3n) is 5.41. The van der Waals surface area contributed by atoms with E-state index in [1.807, 2.05) is 18.2 Å². The Labute approximate surface area is 139 Å². The summed E-state index contributed by atoms with van der Waals surface area (Å²) in [5.41, 5.74) is 0.929. The predicted molar refractivity (Wildman–Crippen MR) is 85.5 cm³/mol. The normalized spacial score (nSPS) is 31.7. The molecule has 124 valence electrons. The molecule has 4 aliphatic heterocycles. The molecule has 1 atom stereocenters. The van der Waals surface area contributed by atoms with Gasteiger partial charge in [0.15, 0.2) is 0 Å². The van der Waals surface area contributed by atoms with E-state index in [-0.39, 0.29) is 12.1 Å². The molecule has 2 bridgehead atoms. The minimum absolute atomic E-state index is 0.286. The maximum absolute atomic E-state index is 12.4. The Hall–Kier alpha value is -2.41. The first-order chi connectivity index (χ1) is 11.7. The lowest BCUT2D eigenvalue weighted by molar-refractivity contribution is -0.0881. The summed E-state index contributed by atoms with van der Waals surface area (Å²) in [4.78, 5) is 25.0. The second-order valence-electron chi connectivity index (χ2n) is 6.80. The molecule has 2 aromatic heterocycles. The molecule has 4 fully saturated rings. The molecule has 0 saturated carbocycles. The summed E-state index contributed by atoms with van der Waals surface area (Å²) < 4.78 is 11.4. The molecule has 6 heterocycles. The van der Waals surface area contributed by atoms with Crippen LogP contribution >= 0.6 is 0 Å². The van der Waals surface area contributed by atoms with Crippen LogP contribution in [0.2, 0.25) is 0 Å². The Morgan fingerprint density at radius 1 is 1.17 bits per heavy atom. The van der Waals surface area contributed by atoms with Gasteiger partial charge in [-0.05, 0) is 38.1 Å². The third kappa shape index (κ3) is 2.04. The zero-order chi connectivity index (χ0) is 16.1. The standard InChI is InChI=1S/C17H18N4O3/c22-16-21(11-17(24-16)10-20-7-4-12(17)5-8-20)15-19-14(9-23-15)13-3-1-2-6-18-13/h1-3,6,9,12H,4-5,7-8,10-11H2. The average molecular weight is 326 g/mol. The average Bonchev–Trinajstić information content (AvgIpc) is 3.22. The summed E-state index contributed by atoms with van der Waals surface area (Å²) in [6, 6.07) is 5.88. The van der Waals surface area contributed by atoms with Crippen molar-refractivity contribution in [3.63, 3.8) is 0 Å². The lowest BCUT2D eigenvalue weighted by Crippen LogP contribution is -2.61. The Morgan fingerprint density at radius 2 is 2.04 bits per heavy atom. The van der Waals surface area contributed by atoms with Crippen molar-refractivity contribution < 1.29 is 13.9 Å². The van der Waals surface area contributed by atoms with Gasteiger partial charge in [-0.25, -0.2) is 9.69 Å². The minimum atomic E-state index is -0.410. The number of fused-ring (bicyclic) bond motifs is 2. The quantitative estimate of drug-likeness (QED) is 0.842. The Balaban J connectivity index is 1.42. The zero-order valence-corrected chi connectivity index (χ0v) is 13.2. The molecule has 24 heavy (non-hydrogen) atoms. The number of piperidine rings is 3. The maximum atomic E-state index is 12.4. The summed E-state index contributed by atoms with van der Waals surface area (Å²) >= 11 is 0. The number of ether oxygens (including phenoxy) is 1. The van der Waals surface area contributed by atoms with Crippen molar-refractivity contribution in [2.24, 2.45) is 5.92 Å². The first-order valence-corrected chi connectivity index (χ1v) is 8.33. The van der Waals surface area contributed by atoms with E-state index in [1.165, 1.54) is 11.2 Å². The van der Waals surface area contributed by atoms with Crippen LogP contribution in [-0.4, -0.2) is 52.7 Å². The van der Waals surface area contributed by atoms with Crippen LogP contribution in [-0.2, 0) is 4.74 Å². The summed E-state index contributed by atoms with van der Waals surface area (Å²) in [5, 5.41) is 0. The second kappa shape index (κ2) is 5.04. The zero-order valence-electron chi connectivity index (χ0n) is 13.2. The van der Waals surface area contributed by atoms with Crippen LogP contribution in [0.3, 0.4) is 0 Å². The first kappa shape index (κ1) is 14.0. The van der Waals surface area contributed by atoms with Crippen LogP contribution in [0.4, 0.5) is 10.8 Å². The monoisotopic (exact) mass is 326 g/mol. The molecule has 0 aliphatic carbocycles. The molecule has 1 unspecified atom stereocenters. The van der Waals surface area contributed by atoms with Crippen molar-refractivity contribution in [3.05, 3.63) is 30.7 Å². The van der Waals surface area contributed by atoms with Gasteiger partial charge < -0.3 is 9.15 Å². The number of rotatable bonds is 2. The Morgan fingerprint density at radius 3 is 2.75 bits per heavy atom. The van der Waals surface area contributed by atoms with Crippen LogP contribution in [0.5, 0.6) is 0 Å². The lowest BCUT2D eigenvalue weighted by atomic mass is 9.75. The number of anilines is 1. The van der Waals surface area contributed by atoms with Gasteiger partial charge in [-0.1, -0.05) is 6.07 Å². The number of oxazole rings is 1. The van der Waals surface area contributed by atoms with E-state index in [0.717, 1.165) is 38.2 Å². The van der Waals surface area contributed by atoms with Crippen molar-refractivity contribution in [2.45, 2.75) is 18.4 Å². The molecule has 1 amide bonds. The van der Waals surface area contributed by atoms with Gasteiger partial charge >= 0.3 is 12.1 Å². The Kier molecular flexibility index (Phi) is 2.94. The SMILES string of the molecule is O=C1OC2(CN3CCC2CC3)CN1c1nc(-c2ccccn2)co1. The molecule has 7 nitrogen and oxygen atoms in total. The topological polar surface area (TPSA) is 71.7 Å². The van der Waals surface area contributed by atoms with Gasteiger partial charge in [0.05, 0.1) is 12.2 Å². The van der Waals surface area contributed by atoms with Crippen molar-refractivity contribution in [1.29, 1.82) is 0 Å². The maximum Gasteiger partial charge on any atom is 0.418 e. The molecular formula is C17H18N4O3. The molecule has 4 saturated heterocycles. The number of aromatic nitrogens is 2. The van der Waals surface area contributed by atoms with E-state index in [2.05, 4.69) is 14.9 Å². The van der Waals surface area contributed by atoms with Crippen LogP contribution in [0, 0.1) is 5.92 Å². The fourth-order valence-corrected chi connectivity index (χ4v) is 4.18. The summed E-state index contributed by atoms with van der Waals surface area (Å²) in [6.45, 7) is 3.53. The minimum Gasteiger partial charge on any atom is -0.439 e.